The number of fused-ring (bicyclic) bond motifs is 3. The van der Waals surface area contributed by atoms with Crippen molar-refractivity contribution >= 4 is 22.5 Å². The standard InChI is InChI=1S/C21H23N3O/c22-16-10-8-15(9-11-16)14-23-13-12-18-17-4-1-2-5-19(17)24-20(18)6-3-7-21(24)25/h1-2,4-5,8-11,23H,3,6-7,12-14,22H2. The maximum Gasteiger partial charge on any atom is 0.231 e. The number of para-hydroxylation sites is 1. The van der Waals surface area contributed by atoms with Crippen LogP contribution in [-0.4, -0.2) is 17.0 Å². The Balaban J connectivity index is 1.51. The maximum atomic E-state index is 12.4. The average Bonchev–Trinajstić information content (AvgIpc) is 2.95. The summed E-state index contributed by atoms with van der Waals surface area (Å²) in [5.41, 5.74) is 11.4. The summed E-state index contributed by atoms with van der Waals surface area (Å²) >= 11 is 0. The minimum absolute atomic E-state index is 0.235. The molecule has 0 spiro atoms. The summed E-state index contributed by atoms with van der Waals surface area (Å²) in [7, 11) is 0. The number of benzene rings is 2. The van der Waals surface area contributed by atoms with E-state index in [0.717, 1.165) is 43.6 Å². The van der Waals surface area contributed by atoms with Crippen molar-refractivity contribution in [1.82, 2.24) is 9.88 Å². The number of carbonyl (C=O) groups excluding carboxylic acids is 1. The van der Waals surface area contributed by atoms with Crippen LogP contribution in [0, 0.1) is 0 Å². The number of hydrogen-bond acceptors (Lipinski definition) is 3. The fourth-order valence-corrected chi connectivity index (χ4v) is 3.79. The third-order valence-corrected chi connectivity index (χ3v) is 5.00. The molecule has 0 saturated carbocycles. The highest BCUT2D eigenvalue weighted by molar-refractivity contribution is 5.96. The van der Waals surface area contributed by atoms with E-state index in [1.807, 2.05) is 22.8 Å². The van der Waals surface area contributed by atoms with E-state index in [-0.39, 0.29) is 5.91 Å². The number of rotatable bonds is 5. The van der Waals surface area contributed by atoms with Gasteiger partial charge in [0.2, 0.25) is 5.91 Å². The molecule has 4 heteroatoms. The van der Waals surface area contributed by atoms with Crippen LogP contribution in [-0.2, 0) is 19.4 Å². The van der Waals surface area contributed by atoms with Crippen LogP contribution in [0.2, 0.25) is 0 Å². The van der Waals surface area contributed by atoms with Gasteiger partial charge in [0.1, 0.15) is 0 Å². The molecule has 3 aromatic rings. The summed E-state index contributed by atoms with van der Waals surface area (Å²) in [4.78, 5) is 12.4. The van der Waals surface area contributed by atoms with Crippen molar-refractivity contribution in [3.63, 3.8) is 0 Å². The molecular weight excluding hydrogens is 310 g/mol. The van der Waals surface area contributed by atoms with Gasteiger partial charge in [-0.3, -0.25) is 9.36 Å². The fraction of sp³-hybridized carbons (Fsp3) is 0.286. The molecule has 0 aliphatic carbocycles. The first-order chi connectivity index (χ1) is 12.2. The zero-order valence-electron chi connectivity index (χ0n) is 14.3. The summed E-state index contributed by atoms with van der Waals surface area (Å²) in [5.74, 6) is 0.235. The summed E-state index contributed by atoms with van der Waals surface area (Å²) in [6.07, 6.45) is 3.54. The second kappa shape index (κ2) is 6.73. The van der Waals surface area contributed by atoms with Crippen molar-refractivity contribution in [1.29, 1.82) is 0 Å². The van der Waals surface area contributed by atoms with E-state index in [4.69, 9.17) is 5.73 Å². The number of aromatic nitrogens is 1. The van der Waals surface area contributed by atoms with Gasteiger partial charge >= 0.3 is 0 Å². The number of nitrogens with zero attached hydrogens (tertiary/aromatic N) is 1. The number of hydrogen-bond donors (Lipinski definition) is 2. The van der Waals surface area contributed by atoms with E-state index in [2.05, 4.69) is 35.6 Å². The summed E-state index contributed by atoms with van der Waals surface area (Å²) in [6.45, 7) is 1.72. The van der Waals surface area contributed by atoms with Gasteiger partial charge in [0.25, 0.3) is 0 Å². The summed E-state index contributed by atoms with van der Waals surface area (Å²) in [5, 5.41) is 4.73. The van der Waals surface area contributed by atoms with E-state index >= 15 is 0 Å². The van der Waals surface area contributed by atoms with Crippen LogP contribution >= 0.6 is 0 Å². The minimum atomic E-state index is 0.235. The molecule has 0 radical (unpaired) electrons. The van der Waals surface area contributed by atoms with Crippen molar-refractivity contribution in [2.24, 2.45) is 0 Å². The van der Waals surface area contributed by atoms with Crippen molar-refractivity contribution in [2.45, 2.75) is 32.2 Å². The lowest BCUT2D eigenvalue weighted by Gasteiger charge is -2.16. The second-order valence-corrected chi connectivity index (χ2v) is 6.69. The van der Waals surface area contributed by atoms with Crippen LogP contribution in [0.3, 0.4) is 0 Å². The minimum Gasteiger partial charge on any atom is -0.399 e. The van der Waals surface area contributed by atoms with Crippen LogP contribution in [0.4, 0.5) is 5.69 Å². The van der Waals surface area contributed by atoms with Crippen molar-refractivity contribution in [3.05, 3.63) is 65.4 Å². The molecule has 0 unspecified atom stereocenters. The fourth-order valence-electron chi connectivity index (χ4n) is 3.79. The number of anilines is 1. The van der Waals surface area contributed by atoms with Gasteiger partial charge in [0.05, 0.1) is 5.52 Å². The van der Waals surface area contributed by atoms with E-state index < -0.39 is 0 Å². The molecule has 128 valence electrons. The first-order valence-electron chi connectivity index (χ1n) is 8.93. The van der Waals surface area contributed by atoms with E-state index in [1.165, 1.54) is 22.2 Å². The molecular formula is C21H23N3O. The Kier molecular flexibility index (Phi) is 4.28. The third kappa shape index (κ3) is 3.05. The first-order valence-corrected chi connectivity index (χ1v) is 8.93. The van der Waals surface area contributed by atoms with Gasteiger partial charge in [-0.2, -0.15) is 0 Å². The summed E-state index contributed by atoms with van der Waals surface area (Å²) < 4.78 is 1.95. The Bertz CT molecular complexity index is 909. The zero-order chi connectivity index (χ0) is 17.2. The molecule has 4 nitrogen and oxygen atoms in total. The number of carbonyl (C=O) groups is 1. The lowest BCUT2D eigenvalue weighted by Crippen LogP contribution is -2.21. The smallest absolute Gasteiger partial charge is 0.231 e. The van der Waals surface area contributed by atoms with Crippen LogP contribution in [0.15, 0.2) is 48.5 Å². The molecule has 1 aliphatic rings. The first kappa shape index (κ1) is 15.9. The molecule has 25 heavy (non-hydrogen) atoms. The van der Waals surface area contributed by atoms with Gasteiger partial charge in [-0.25, -0.2) is 0 Å². The summed E-state index contributed by atoms with van der Waals surface area (Å²) in [6, 6.07) is 16.2. The third-order valence-electron chi connectivity index (χ3n) is 5.00. The Morgan fingerprint density at radius 1 is 1.04 bits per heavy atom. The Morgan fingerprint density at radius 2 is 1.84 bits per heavy atom. The lowest BCUT2D eigenvalue weighted by molar-refractivity contribution is 0.0889. The highest BCUT2D eigenvalue weighted by atomic mass is 16.2. The van der Waals surface area contributed by atoms with Crippen molar-refractivity contribution in [2.75, 3.05) is 12.3 Å². The number of nitrogens with one attached hydrogen (secondary N) is 1. The quantitative estimate of drug-likeness (QED) is 0.555. The largest absolute Gasteiger partial charge is 0.399 e. The zero-order valence-corrected chi connectivity index (χ0v) is 14.3. The molecule has 2 aromatic carbocycles. The number of nitrogens with two attached hydrogens (primary N) is 1. The van der Waals surface area contributed by atoms with Crippen LogP contribution in [0.1, 0.15) is 34.5 Å². The van der Waals surface area contributed by atoms with Gasteiger partial charge in [-0.05, 0) is 55.1 Å². The lowest BCUT2D eigenvalue weighted by atomic mass is 10.0. The second-order valence-electron chi connectivity index (χ2n) is 6.69. The average molecular weight is 333 g/mol. The van der Waals surface area contributed by atoms with Gasteiger partial charge < -0.3 is 11.1 Å². The normalized spacial score (nSPS) is 14.0. The Morgan fingerprint density at radius 3 is 2.68 bits per heavy atom. The monoisotopic (exact) mass is 333 g/mol. The molecule has 2 heterocycles. The SMILES string of the molecule is Nc1ccc(CNCCc2c3n(c4ccccc24)C(=O)CCC3)cc1. The van der Waals surface area contributed by atoms with Gasteiger partial charge in [-0.15, -0.1) is 0 Å². The predicted molar refractivity (Wildman–Crippen MR) is 102 cm³/mol. The van der Waals surface area contributed by atoms with E-state index in [0.29, 0.717) is 6.42 Å². The highest BCUT2D eigenvalue weighted by Crippen LogP contribution is 2.30. The molecule has 0 saturated heterocycles. The van der Waals surface area contributed by atoms with Crippen LogP contribution in [0.5, 0.6) is 0 Å². The topological polar surface area (TPSA) is 60.0 Å². The Hall–Kier alpha value is -2.59. The molecule has 0 fully saturated rings. The van der Waals surface area contributed by atoms with Crippen LogP contribution in [0.25, 0.3) is 10.9 Å². The van der Waals surface area contributed by atoms with Crippen molar-refractivity contribution in [3.8, 4) is 0 Å². The highest BCUT2D eigenvalue weighted by Gasteiger charge is 2.23. The molecule has 0 bridgehead atoms. The molecule has 1 aliphatic heterocycles. The molecule has 1 aromatic heterocycles. The van der Waals surface area contributed by atoms with E-state index in [1.54, 1.807) is 0 Å². The predicted octanol–water partition coefficient (Wildman–Crippen LogP) is 3.53. The maximum absolute atomic E-state index is 12.4. The van der Waals surface area contributed by atoms with Gasteiger partial charge in [0.15, 0.2) is 0 Å². The van der Waals surface area contributed by atoms with Gasteiger partial charge in [-0.1, -0.05) is 30.3 Å². The van der Waals surface area contributed by atoms with Crippen LogP contribution < -0.4 is 11.1 Å². The molecule has 4 rings (SSSR count). The van der Waals surface area contributed by atoms with E-state index in [9.17, 15) is 4.79 Å². The Labute approximate surface area is 147 Å². The molecule has 0 amide bonds. The van der Waals surface area contributed by atoms with Crippen molar-refractivity contribution < 1.29 is 4.79 Å². The van der Waals surface area contributed by atoms with Gasteiger partial charge in [0, 0.05) is 29.7 Å². The molecule has 0 atom stereocenters. The number of nitrogen functional groups attached to an aromatic ring is 1. The molecule has 3 N–H and O–H groups in total.